The van der Waals surface area contributed by atoms with Crippen molar-refractivity contribution in [1.29, 1.82) is 0 Å². The van der Waals surface area contributed by atoms with Gasteiger partial charge in [0, 0.05) is 8.41 Å². The second kappa shape index (κ2) is 7.91. The summed E-state index contributed by atoms with van der Waals surface area (Å²) in [5.74, 6) is 0.847. The lowest BCUT2D eigenvalue weighted by atomic mass is 10.4. The van der Waals surface area contributed by atoms with E-state index in [0.717, 1.165) is 12.8 Å². The van der Waals surface area contributed by atoms with Crippen LogP contribution in [-0.2, 0) is 9.84 Å². The van der Waals surface area contributed by atoms with Crippen molar-refractivity contribution in [2.45, 2.75) is 12.8 Å². The van der Waals surface area contributed by atoms with Crippen LogP contribution in [0.1, 0.15) is 12.8 Å². The topological polar surface area (TPSA) is 34.1 Å². The molecule has 69 valence electrons. The van der Waals surface area contributed by atoms with Crippen LogP contribution in [0.5, 0.6) is 0 Å². The summed E-state index contributed by atoms with van der Waals surface area (Å²) in [7, 11) is -2.55. The van der Waals surface area contributed by atoms with Crippen LogP contribution in [0.3, 0.4) is 0 Å². The Balaban J connectivity index is -0.0000000612. The second-order valence-electron chi connectivity index (χ2n) is 1.86. The first kappa shape index (κ1) is 22.4. The molecule has 0 aromatic carbocycles. The summed E-state index contributed by atoms with van der Waals surface area (Å²) in [6, 6.07) is 0. The first-order chi connectivity index (χ1) is 3.21. The fraction of sp³-hybridized carbons (Fsp3) is 1.00. The Bertz CT molecular complexity index is 147. The molecule has 1 aliphatic heterocycles. The van der Waals surface area contributed by atoms with E-state index >= 15 is 0 Å². The average molecular weight is 191 g/mol. The summed E-state index contributed by atoms with van der Waals surface area (Å²) in [5, 5.41) is 0. The third-order valence-corrected chi connectivity index (χ3v) is 2.98. The number of sulfone groups is 1. The predicted octanol–water partition coefficient (Wildman–Crippen LogP) is 0.272. The fourth-order valence-corrected chi connectivity index (χ4v) is 2.24. The zero-order valence-electron chi connectivity index (χ0n) is 5.86. The van der Waals surface area contributed by atoms with Gasteiger partial charge in [0.1, 0.15) is 9.84 Å². The van der Waals surface area contributed by atoms with Gasteiger partial charge in [0.2, 0.25) is 0 Å². The van der Waals surface area contributed by atoms with E-state index in [1.54, 1.807) is 0 Å². The summed E-state index contributed by atoms with van der Waals surface area (Å²) in [5.41, 5.74) is 0. The molecule has 1 fully saturated rings. The van der Waals surface area contributed by atoms with E-state index in [0.29, 0.717) is 11.5 Å². The minimum atomic E-state index is -2.55. The third-order valence-electron chi connectivity index (χ3n) is 1.16. The highest BCUT2D eigenvalue weighted by Gasteiger charge is 2.16. The maximum absolute atomic E-state index is 10.4. The molecule has 0 atom stereocenters. The van der Waals surface area contributed by atoms with Gasteiger partial charge in [-0.15, -0.1) is 0 Å². The van der Waals surface area contributed by atoms with Gasteiger partial charge in [-0.3, -0.25) is 14.1 Å². The molecule has 0 aromatic rings. The summed E-state index contributed by atoms with van der Waals surface area (Å²) in [6.45, 7) is 0. The SMILES string of the molecule is F.F.F.O=S1(=O)CCCC1.[B]. The molecule has 11 heavy (non-hydrogen) atoms. The van der Waals surface area contributed by atoms with Crippen molar-refractivity contribution in [1.82, 2.24) is 0 Å². The largest absolute Gasteiger partial charge is 0.269 e. The molecule has 1 aliphatic rings. The van der Waals surface area contributed by atoms with E-state index < -0.39 is 9.84 Å². The summed E-state index contributed by atoms with van der Waals surface area (Å²) < 4.78 is 20.9. The summed E-state index contributed by atoms with van der Waals surface area (Å²) in [6.07, 6.45) is 1.75. The van der Waals surface area contributed by atoms with Crippen LogP contribution in [-0.4, -0.2) is 28.3 Å². The number of rotatable bonds is 0. The van der Waals surface area contributed by atoms with Crippen LogP contribution < -0.4 is 0 Å². The minimum absolute atomic E-state index is 0. The smallest absolute Gasteiger partial charge is 0.150 e. The zero-order chi connectivity index (χ0) is 5.33. The molecule has 0 N–H and O–H groups in total. The number of hydrogen-bond donors (Lipinski definition) is 0. The lowest BCUT2D eigenvalue weighted by Gasteiger charge is -1.81. The second-order valence-corrected chi connectivity index (χ2v) is 4.16. The van der Waals surface area contributed by atoms with Crippen LogP contribution in [0, 0.1) is 0 Å². The number of hydrogen-bond acceptors (Lipinski definition) is 2. The maximum Gasteiger partial charge on any atom is 0.150 e. The molecule has 1 heterocycles. The number of halogens is 3. The normalized spacial score (nSPS) is 17.8. The van der Waals surface area contributed by atoms with Gasteiger partial charge in [-0.25, -0.2) is 8.42 Å². The molecule has 0 aromatic heterocycles. The standard InChI is InChI=1S/C4H8O2S.B.3FH/c5-7(6)3-1-2-4-7;;;;/h1-4H2;;3*1H. The molecule has 0 saturated carbocycles. The highest BCUT2D eigenvalue weighted by molar-refractivity contribution is 7.91. The molecule has 0 aliphatic carbocycles. The fourth-order valence-electron chi connectivity index (χ4n) is 0.746. The Labute approximate surface area is 66.0 Å². The Morgan fingerprint density at radius 3 is 1.18 bits per heavy atom. The Kier molecular flexibility index (Phi) is 16.1. The van der Waals surface area contributed by atoms with E-state index in [4.69, 9.17) is 0 Å². The monoisotopic (exact) mass is 191 g/mol. The van der Waals surface area contributed by atoms with Crippen LogP contribution >= 0.6 is 0 Å². The van der Waals surface area contributed by atoms with Crippen molar-refractivity contribution in [3.8, 4) is 0 Å². The molecule has 3 radical (unpaired) electrons. The average Bonchev–Trinajstić information content (AvgIpc) is 1.84. The van der Waals surface area contributed by atoms with Gasteiger partial charge in [0.05, 0.1) is 11.5 Å². The lowest BCUT2D eigenvalue weighted by molar-refractivity contribution is 0.602. The zero-order valence-corrected chi connectivity index (χ0v) is 6.67. The molecule has 0 bridgehead atoms. The van der Waals surface area contributed by atoms with Gasteiger partial charge in [-0.2, -0.15) is 0 Å². The maximum atomic E-state index is 10.4. The Morgan fingerprint density at radius 1 is 0.818 bits per heavy atom. The minimum Gasteiger partial charge on any atom is -0.269 e. The van der Waals surface area contributed by atoms with Gasteiger partial charge in [-0.1, -0.05) is 0 Å². The predicted molar refractivity (Wildman–Crippen MR) is 41.2 cm³/mol. The van der Waals surface area contributed by atoms with E-state index in [2.05, 4.69) is 0 Å². The van der Waals surface area contributed by atoms with E-state index in [1.807, 2.05) is 0 Å². The van der Waals surface area contributed by atoms with E-state index in [1.165, 1.54) is 0 Å². The Morgan fingerprint density at radius 2 is 1.09 bits per heavy atom. The summed E-state index contributed by atoms with van der Waals surface area (Å²) >= 11 is 0. The first-order valence-electron chi connectivity index (χ1n) is 2.41. The van der Waals surface area contributed by atoms with Gasteiger partial charge in [0.15, 0.2) is 0 Å². The van der Waals surface area contributed by atoms with Gasteiger partial charge >= 0.3 is 0 Å². The summed E-state index contributed by atoms with van der Waals surface area (Å²) in [4.78, 5) is 0. The van der Waals surface area contributed by atoms with Gasteiger partial charge in [0.25, 0.3) is 0 Å². The van der Waals surface area contributed by atoms with E-state index in [9.17, 15) is 8.42 Å². The van der Waals surface area contributed by atoms with Crippen molar-refractivity contribution in [3.05, 3.63) is 0 Å². The molecule has 0 spiro atoms. The molecule has 0 unspecified atom stereocenters. The highest BCUT2D eigenvalue weighted by Crippen LogP contribution is 2.08. The molecule has 1 rings (SSSR count). The van der Waals surface area contributed by atoms with Crippen molar-refractivity contribution in [2.24, 2.45) is 0 Å². The molecular formula is C4H11BF3O2S. The molecule has 0 amide bonds. The Hall–Kier alpha value is -0.195. The quantitative estimate of drug-likeness (QED) is 0.515. The highest BCUT2D eigenvalue weighted by atomic mass is 32.2. The molecule has 2 nitrogen and oxygen atoms in total. The lowest BCUT2D eigenvalue weighted by Crippen LogP contribution is -1.98. The molecule has 7 heteroatoms. The van der Waals surface area contributed by atoms with Crippen molar-refractivity contribution in [3.63, 3.8) is 0 Å². The van der Waals surface area contributed by atoms with Crippen molar-refractivity contribution in [2.75, 3.05) is 11.5 Å². The van der Waals surface area contributed by atoms with Crippen molar-refractivity contribution >= 4 is 18.3 Å². The van der Waals surface area contributed by atoms with Crippen LogP contribution in [0.2, 0.25) is 0 Å². The first-order valence-corrected chi connectivity index (χ1v) is 4.23. The molecule has 1 saturated heterocycles. The third kappa shape index (κ3) is 7.70. The van der Waals surface area contributed by atoms with E-state index in [-0.39, 0.29) is 22.5 Å². The van der Waals surface area contributed by atoms with Crippen LogP contribution in [0.15, 0.2) is 0 Å². The van der Waals surface area contributed by atoms with Gasteiger partial charge in [-0.05, 0) is 12.8 Å². The molecular weight excluding hydrogens is 180 g/mol. The van der Waals surface area contributed by atoms with Crippen molar-refractivity contribution < 1.29 is 22.5 Å². The van der Waals surface area contributed by atoms with Crippen LogP contribution in [0.4, 0.5) is 14.1 Å². The van der Waals surface area contributed by atoms with Crippen LogP contribution in [0.25, 0.3) is 0 Å². The van der Waals surface area contributed by atoms with Gasteiger partial charge < -0.3 is 0 Å².